The zero-order valence-electron chi connectivity index (χ0n) is 7.26. The van der Waals surface area contributed by atoms with Crippen LogP contribution < -0.4 is 5.73 Å². The van der Waals surface area contributed by atoms with Gasteiger partial charge in [-0.1, -0.05) is 25.6 Å². The van der Waals surface area contributed by atoms with Crippen LogP contribution in [0.15, 0.2) is 0 Å². The standard InChI is InChI=1S/C8H12N2S2/c1-3-4-6-7(8(9)11)12-5(2)10-6/h3-4H2,1-2H3,(H2,9,11). The summed E-state index contributed by atoms with van der Waals surface area (Å²) in [5.41, 5.74) is 6.62. The lowest BCUT2D eigenvalue weighted by Gasteiger charge is -1.96. The molecule has 0 aliphatic rings. The Labute approximate surface area is 81.8 Å². The second-order valence-corrected chi connectivity index (χ2v) is 4.27. The Morgan fingerprint density at radius 1 is 1.67 bits per heavy atom. The van der Waals surface area contributed by atoms with Crippen molar-refractivity contribution in [2.45, 2.75) is 26.7 Å². The third-order valence-corrected chi connectivity index (χ3v) is 2.89. The molecule has 66 valence electrons. The van der Waals surface area contributed by atoms with Crippen molar-refractivity contribution in [2.75, 3.05) is 0 Å². The Balaban J connectivity index is 2.99. The molecule has 0 saturated heterocycles. The van der Waals surface area contributed by atoms with Gasteiger partial charge in [0.15, 0.2) is 0 Å². The van der Waals surface area contributed by atoms with Gasteiger partial charge in [0, 0.05) is 0 Å². The minimum Gasteiger partial charge on any atom is -0.389 e. The van der Waals surface area contributed by atoms with Crippen LogP contribution in [0.5, 0.6) is 0 Å². The summed E-state index contributed by atoms with van der Waals surface area (Å²) in [6, 6.07) is 0. The van der Waals surface area contributed by atoms with Crippen molar-refractivity contribution in [2.24, 2.45) is 5.73 Å². The van der Waals surface area contributed by atoms with Gasteiger partial charge in [-0.3, -0.25) is 0 Å². The predicted octanol–water partition coefficient (Wildman–Crippen LogP) is 2.04. The number of thiocarbonyl (C=S) groups is 1. The number of rotatable bonds is 3. The van der Waals surface area contributed by atoms with Crippen LogP contribution in [0.3, 0.4) is 0 Å². The molecule has 0 fully saturated rings. The highest BCUT2D eigenvalue weighted by atomic mass is 32.1. The molecule has 0 aliphatic heterocycles. The van der Waals surface area contributed by atoms with Crippen LogP contribution in [0.4, 0.5) is 0 Å². The van der Waals surface area contributed by atoms with Crippen molar-refractivity contribution in [3.8, 4) is 0 Å². The summed E-state index contributed by atoms with van der Waals surface area (Å²) in [5.74, 6) is 0. The fourth-order valence-electron chi connectivity index (χ4n) is 1.07. The largest absolute Gasteiger partial charge is 0.389 e. The summed E-state index contributed by atoms with van der Waals surface area (Å²) >= 11 is 6.51. The van der Waals surface area contributed by atoms with Crippen LogP contribution >= 0.6 is 23.6 Å². The smallest absolute Gasteiger partial charge is 0.116 e. The zero-order valence-corrected chi connectivity index (χ0v) is 8.89. The molecule has 1 aromatic heterocycles. The number of aromatic nitrogens is 1. The van der Waals surface area contributed by atoms with E-state index in [1.54, 1.807) is 11.3 Å². The summed E-state index contributed by atoms with van der Waals surface area (Å²) in [4.78, 5) is 5.84. The van der Waals surface area contributed by atoms with E-state index in [1.807, 2.05) is 6.92 Å². The molecule has 0 amide bonds. The normalized spacial score (nSPS) is 10.2. The maximum Gasteiger partial charge on any atom is 0.116 e. The molecule has 1 rings (SSSR count). The molecule has 2 nitrogen and oxygen atoms in total. The average Bonchev–Trinajstić information content (AvgIpc) is 2.32. The van der Waals surface area contributed by atoms with Gasteiger partial charge in [0.25, 0.3) is 0 Å². The molecular weight excluding hydrogens is 188 g/mol. The summed E-state index contributed by atoms with van der Waals surface area (Å²) in [6.45, 7) is 4.10. The van der Waals surface area contributed by atoms with Gasteiger partial charge in [-0.05, 0) is 13.3 Å². The Morgan fingerprint density at radius 3 is 2.83 bits per heavy atom. The van der Waals surface area contributed by atoms with Gasteiger partial charge in [0.2, 0.25) is 0 Å². The average molecular weight is 200 g/mol. The first-order chi connectivity index (χ1) is 5.65. The lowest BCUT2D eigenvalue weighted by atomic mass is 10.2. The second kappa shape index (κ2) is 3.96. The SMILES string of the molecule is CCCc1nc(C)sc1C(N)=S. The van der Waals surface area contributed by atoms with Gasteiger partial charge in [-0.15, -0.1) is 11.3 Å². The van der Waals surface area contributed by atoms with Crippen molar-refractivity contribution in [3.63, 3.8) is 0 Å². The number of aryl methyl sites for hydroxylation is 2. The topological polar surface area (TPSA) is 38.9 Å². The first-order valence-electron chi connectivity index (χ1n) is 3.91. The first kappa shape index (κ1) is 9.61. The quantitative estimate of drug-likeness (QED) is 0.759. The molecule has 1 heterocycles. The third-order valence-electron chi connectivity index (χ3n) is 1.51. The molecule has 0 atom stereocenters. The molecule has 0 bridgehead atoms. The Kier molecular flexibility index (Phi) is 3.17. The molecule has 0 unspecified atom stereocenters. The van der Waals surface area contributed by atoms with Gasteiger partial charge in [0.1, 0.15) is 4.99 Å². The van der Waals surface area contributed by atoms with E-state index in [9.17, 15) is 0 Å². The van der Waals surface area contributed by atoms with Gasteiger partial charge < -0.3 is 5.73 Å². The minimum absolute atomic E-state index is 0.476. The molecule has 1 aromatic rings. The van der Waals surface area contributed by atoms with E-state index in [0.717, 1.165) is 28.4 Å². The number of nitrogens with zero attached hydrogens (tertiary/aromatic N) is 1. The van der Waals surface area contributed by atoms with Crippen LogP contribution in [0.25, 0.3) is 0 Å². The van der Waals surface area contributed by atoms with Crippen molar-refractivity contribution < 1.29 is 0 Å². The lowest BCUT2D eigenvalue weighted by Crippen LogP contribution is -2.09. The monoisotopic (exact) mass is 200 g/mol. The van der Waals surface area contributed by atoms with E-state index in [-0.39, 0.29) is 0 Å². The Bertz CT molecular complexity index is 291. The molecule has 0 spiro atoms. The van der Waals surface area contributed by atoms with Crippen LogP contribution in [-0.4, -0.2) is 9.97 Å². The van der Waals surface area contributed by atoms with E-state index in [0.29, 0.717) is 4.99 Å². The van der Waals surface area contributed by atoms with Gasteiger partial charge in [-0.2, -0.15) is 0 Å². The summed E-state index contributed by atoms with van der Waals surface area (Å²) in [7, 11) is 0. The molecule has 0 aromatic carbocycles. The lowest BCUT2D eigenvalue weighted by molar-refractivity contribution is 0.886. The summed E-state index contributed by atoms with van der Waals surface area (Å²) in [5, 5.41) is 1.04. The number of nitrogens with two attached hydrogens (primary N) is 1. The minimum atomic E-state index is 0.476. The van der Waals surface area contributed by atoms with Gasteiger partial charge in [-0.25, -0.2) is 4.98 Å². The third kappa shape index (κ3) is 2.01. The fourth-order valence-corrected chi connectivity index (χ4v) is 2.13. The summed E-state index contributed by atoms with van der Waals surface area (Å²) < 4.78 is 0. The number of thiazole rings is 1. The molecule has 4 heteroatoms. The maximum atomic E-state index is 5.56. The van der Waals surface area contributed by atoms with E-state index in [1.165, 1.54) is 0 Å². The summed E-state index contributed by atoms with van der Waals surface area (Å²) in [6.07, 6.45) is 2.05. The van der Waals surface area contributed by atoms with Crippen molar-refractivity contribution in [1.82, 2.24) is 4.98 Å². The molecule has 0 aliphatic carbocycles. The number of hydrogen-bond donors (Lipinski definition) is 1. The maximum absolute atomic E-state index is 5.56. The second-order valence-electron chi connectivity index (χ2n) is 2.62. The highest BCUT2D eigenvalue weighted by molar-refractivity contribution is 7.81. The van der Waals surface area contributed by atoms with E-state index in [2.05, 4.69) is 11.9 Å². The zero-order chi connectivity index (χ0) is 9.14. The molecule has 2 N–H and O–H groups in total. The van der Waals surface area contributed by atoms with Crippen LogP contribution in [0.1, 0.15) is 28.9 Å². The van der Waals surface area contributed by atoms with Gasteiger partial charge >= 0.3 is 0 Å². The van der Waals surface area contributed by atoms with E-state index >= 15 is 0 Å². The molecule has 0 saturated carbocycles. The predicted molar refractivity (Wildman–Crippen MR) is 56.7 cm³/mol. The molecule has 12 heavy (non-hydrogen) atoms. The van der Waals surface area contributed by atoms with Crippen molar-refractivity contribution in [1.29, 1.82) is 0 Å². The molecule has 0 radical (unpaired) electrons. The number of hydrogen-bond acceptors (Lipinski definition) is 3. The molecular formula is C8H12N2S2. The van der Waals surface area contributed by atoms with E-state index in [4.69, 9.17) is 18.0 Å². The first-order valence-corrected chi connectivity index (χ1v) is 5.13. The Hall–Kier alpha value is -0.480. The van der Waals surface area contributed by atoms with Crippen molar-refractivity contribution >= 4 is 28.5 Å². The fraction of sp³-hybridized carbons (Fsp3) is 0.500. The van der Waals surface area contributed by atoms with Crippen molar-refractivity contribution in [3.05, 3.63) is 15.6 Å². The van der Waals surface area contributed by atoms with E-state index < -0.39 is 0 Å². The Morgan fingerprint density at radius 2 is 2.33 bits per heavy atom. The van der Waals surface area contributed by atoms with Crippen LogP contribution in [0.2, 0.25) is 0 Å². The van der Waals surface area contributed by atoms with Gasteiger partial charge in [0.05, 0.1) is 15.6 Å². The highest BCUT2D eigenvalue weighted by Gasteiger charge is 2.09. The van der Waals surface area contributed by atoms with Crippen LogP contribution in [-0.2, 0) is 6.42 Å². The van der Waals surface area contributed by atoms with Crippen LogP contribution in [0, 0.1) is 6.92 Å². The highest BCUT2D eigenvalue weighted by Crippen LogP contribution is 2.18.